The van der Waals surface area contributed by atoms with Crippen molar-refractivity contribution in [3.8, 4) is 11.5 Å². The third-order valence-corrected chi connectivity index (χ3v) is 5.48. The number of likely N-dealkylation sites (tertiary alicyclic amines) is 1. The van der Waals surface area contributed by atoms with Crippen LogP contribution in [0.1, 0.15) is 25.8 Å². The van der Waals surface area contributed by atoms with E-state index < -0.39 is 0 Å². The van der Waals surface area contributed by atoms with Crippen LogP contribution in [0.4, 0.5) is 0 Å². The monoisotopic (exact) mass is 404 g/mol. The molecule has 2 aliphatic rings. The first-order valence-corrected chi connectivity index (χ1v) is 10.9. The summed E-state index contributed by atoms with van der Waals surface area (Å²) in [5.74, 6) is 3.24. The maximum atomic E-state index is 5.70. The predicted molar refractivity (Wildman–Crippen MR) is 116 cm³/mol. The van der Waals surface area contributed by atoms with Crippen LogP contribution in [-0.4, -0.2) is 82.0 Å². The van der Waals surface area contributed by atoms with Gasteiger partial charge in [-0.15, -0.1) is 0 Å². The number of methoxy groups -OCH3 is 1. The Morgan fingerprint density at radius 3 is 2.76 bits per heavy atom. The van der Waals surface area contributed by atoms with Gasteiger partial charge in [0.05, 0.1) is 33.5 Å². The van der Waals surface area contributed by atoms with Crippen molar-refractivity contribution in [3.05, 3.63) is 23.8 Å². The van der Waals surface area contributed by atoms with Gasteiger partial charge in [-0.3, -0.25) is 4.90 Å². The smallest absolute Gasteiger partial charge is 0.194 e. The Kier molecular flexibility index (Phi) is 8.43. The number of nitrogens with one attached hydrogen (secondary N) is 1. The van der Waals surface area contributed by atoms with E-state index in [9.17, 15) is 0 Å². The first-order chi connectivity index (χ1) is 14.2. The first-order valence-electron chi connectivity index (χ1n) is 10.9. The largest absolute Gasteiger partial charge is 0.493 e. The van der Waals surface area contributed by atoms with Gasteiger partial charge >= 0.3 is 0 Å². The summed E-state index contributed by atoms with van der Waals surface area (Å²) in [6.07, 6.45) is 1.22. The van der Waals surface area contributed by atoms with Crippen LogP contribution < -0.4 is 14.8 Å². The maximum Gasteiger partial charge on any atom is 0.194 e. The molecular formula is C22H36N4O3. The minimum Gasteiger partial charge on any atom is -0.493 e. The van der Waals surface area contributed by atoms with Crippen molar-refractivity contribution in [1.29, 1.82) is 0 Å². The molecule has 2 heterocycles. The quantitative estimate of drug-likeness (QED) is 0.530. The summed E-state index contributed by atoms with van der Waals surface area (Å²) in [6, 6.07) is 6.04. The average molecular weight is 405 g/mol. The molecule has 1 N–H and O–H groups in total. The fourth-order valence-electron chi connectivity index (χ4n) is 4.00. The zero-order valence-corrected chi connectivity index (χ0v) is 18.2. The highest BCUT2D eigenvalue weighted by Crippen LogP contribution is 2.28. The summed E-state index contributed by atoms with van der Waals surface area (Å²) < 4.78 is 16.5. The van der Waals surface area contributed by atoms with E-state index in [4.69, 9.17) is 19.2 Å². The molecule has 0 aromatic heterocycles. The highest BCUT2D eigenvalue weighted by Gasteiger charge is 2.27. The molecule has 2 aliphatic heterocycles. The van der Waals surface area contributed by atoms with Crippen molar-refractivity contribution < 1.29 is 14.2 Å². The number of guanidine groups is 1. The van der Waals surface area contributed by atoms with Crippen LogP contribution in [0.15, 0.2) is 23.2 Å². The molecule has 0 radical (unpaired) electrons. The van der Waals surface area contributed by atoms with Crippen LogP contribution >= 0.6 is 0 Å². The molecule has 0 aliphatic carbocycles. The number of nitrogens with zero attached hydrogens (tertiary/aromatic N) is 3. The lowest BCUT2D eigenvalue weighted by Gasteiger charge is -2.29. The molecule has 1 aromatic carbocycles. The van der Waals surface area contributed by atoms with E-state index in [1.54, 1.807) is 7.11 Å². The first kappa shape index (κ1) is 21.7. The lowest BCUT2D eigenvalue weighted by atomic mass is 10.1. The Hall–Kier alpha value is -1.99. The number of hydrogen-bond acceptors (Lipinski definition) is 5. The topological polar surface area (TPSA) is 58.6 Å². The summed E-state index contributed by atoms with van der Waals surface area (Å²) in [5, 5.41) is 3.47. The Bertz CT molecular complexity index is 661. The highest BCUT2D eigenvalue weighted by atomic mass is 16.5. The molecule has 0 saturated carbocycles. The Morgan fingerprint density at radius 1 is 1.21 bits per heavy atom. The van der Waals surface area contributed by atoms with Crippen molar-refractivity contribution in [2.24, 2.45) is 10.9 Å². The van der Waals surface area contributed by atoms with Crippen molar-refractivity contribution in [2.45, 2.75) is 26.8 Å². The number of morpholine rings is 1. The van der Waals surface area contributed by atoms with E-state index in [-0.39, 0.29) is 0 Å². The van der Waals surface area contributed by atoms with Gasteiger partial charge in [-0.2, -0.15) is 0 Å². The molecule has 7 nitrogen and oxygen atoms in total. The molecule has 162 valence electrons. The summed E-state index contributed by atoms with van der Waals surface area (Å²) in [4.78, 5) is 9.85. The van der Waals surface area contributed by atoms with Gasteiger partial charge < -0.3 is 24.4 Å². The molecule has 2 fully saturated rings. The maximum absolute atomic E-state index is 5.70. The molecule has 7 heteroatoms. The summed E-state index contributed by atoms with van der Waals surface area (Å²) in [6.45, 7) is 13.4. The number of hydrogen-bond donors (Lipinski definition) is 1. The second-order valence-electron chi connectivity index (χ2n) is 7.60. The third kappa shape index (κ3) is 6.24. The zero-order valence-electron chi connectivity index (χ0n) is 18.2. The van der Waals surface area contributed by atoms with Gasteiger partial charge in [0.25, 0.3) is 0 Å². The molecule has 0 amide bonds. The molecule has 2 saturated heterocycles. The van der Waals surface area contributed by atoms with Gasteiger partial charge in [0.15, 0.2) is 17.5 Å². The molecule has 1 atom stereocenters. The van der Waals surface area contributed by atoms with Crippen LogP contribution in [0.5, 0.6) is 11.5 Å². The SMILES string of the molecule is CCNC(=NCc1ccc(OC)c(OCC)c1)N1CCC(CN2CCOCC2)C1. The minimum absolute atomic E-state index is 0.615. The van der Waals surface area contributed by atoms with Crippen LogP contribution in [-0.2, 0) is 11.3 Å². The molecule has 29 heavy (non-hydrogen) atoms. The zero-order chi connectivity index (χ0) is 20.5. The molecule has 1 aromatic rings. The lowest BCUT2D eigenvalue weighted by molar-refractivity contribution is 0.0315. The van der Waals surface area contributed by atoms with E-state index in [2.05, 4.69) is 28.1 Å². The van der Waals surface area contributed by atoms with Gasteiger partial charge in [-0.25, -0.2) is 4.99 Å². The summed E-state index contributed by atoms with van der Waals surface area (Å²) in [7, 11) is 1.67. The standard InChI is InChI=1S/C22H36N4O3/c1-4-23-22(24-15-18-6-7-20(27-3)21(14-18)29-5-2)26-9-8-19(17-26)16-25-10-12-28-13-11-25/h6-7,14,19H,4-5,8-13,15-17H2,1-3H3,(H,23,24). The van der Waals surface area contributed by atoms with Crippen molar-refractivity contribution in [2.75, 3.05) is 66.2 Å². The minimum atomic E-state index is 0.615. The van der Waals surface area contributed by atoms with Crippen molar-refractivity contribution in [3.63, 3.8) is 0 Å². The van der Waals surface area contributed by atoms with E-state index in [0.717, 1.165) is 75.5 Å². The number of aliphatic imine (C=N–C) groups is 1. The lowest BCUT2D eigenvalue weighted by Crippen LogP contribution is -2.42. The fourth-order valence-corrected chi connectivity index (χ4v) is 4.00. The van der Waals surface area contributed by atoms with Crippen LogP contribution in [0.3, 0.4) is 0 Å². The van der Waals surface area contributed by atoms with Gasteiger partial charge in [0.1, 0.15) is 0 Å². The molecular weight excluding hydrogens is 368 g/mol. The van der Waals surface area contributed by atoms with Crippen LogP contribution in [0.25, 0.3) is 0 Å². The summed E-state index contributed by atoms with van der Waals surface area (Å²) in [5.41, 5.74) is 1.12. The van der Waals surface area contributed by atoms with Gasteiger partial charge in [-0.1, -0.05) is 6.07 Å². The Balaban J connectivity index is 1.60. The third-order valence-electron chi connectivity index (χ3n) is 5.48. The number of benzene rings is 1. The highest BCUT2D eigenvalue weighted by molar-refractivity contribution is 5.80. The van der Waals surface area contributed by atoms with Gasteiger partial charge in [-0.05, 0) is 43.9 Å². The summed E-state index contributed by atoms with van der Waals surface area (Å²) >= 11 is 0. The number of ether oxygens (including phenoxy) is 3. The van der Waals surface area contributed by atoms with E-state index in [1.807, 2.05) is 19.1 Å². The number of rotatable bonds is 8. The Morgan fingerprint density at radius 2 is 2.03 bits per heavy atom. The van der Waals surface area contributed by atoms with E-state index in [1.165, 1.54) is 6.42 Å². The molecule has 0 bridgehead atoms. The average Bonchev–Trinajstić information content (AvgIpc) is 3.20. The molecule has 1 unspecified atom stereocenters. The van der Waals surface area contributed by atoms with E-state index in [0.29, 0.717) is 19.1 Å². The second kappa shape index (κ2) is 11.3. The predicted octanol–water partition coefficient (Wildman–Crippen LogP) is 2.21. The fraction of sp³-hybridized carbons (Fsp3) is 0.682. The van der Waals surface area contributed by atoms with Gasteiger partial charge in [0.2, 0.25) is 0 Å². The van der Waals surface area contributed by atoms with Crippen molar-refractivity contribution >= 4 is 5.96 Å². The van der Waals surface area contributed by atoms with Crippen molar-refractivity contribution in [1.82, 2.24) is 15.1 Å². The molecule has 3 rings (SSSR count). The van der Waals surface area contributed by atoms with Crippen LogP contribution in [0.2, 0.25) is 0 Å². The Labute approximate surface area is 175 Å². The second-order valence-corrected chi connectivity index (χ2v) is 7.60. The van der Waals surface area contributed by atoms with E-state index >= 15 is 0 Å². The molecule has 0 spiro atoms. The van der Waals surface area contributed by atoms with Crippen LogP contribution in [0, 0.1) is 5.92 Å². The van der Waals surface area contributed by atoms with Gasteiger partial charge in [0, 0.05) is 39.3 Å². The normalized spacial score (nSPS) is 20.7.